The van der Waals surface area contributed by atoms with E-state index in [9.17, 15) is 0 Å². The van der Waals surface area contributed by atoms with Gasteiger partial charge in [-0.3, -0.25) is 0 Å². The normalized spacial score (nSPS) is 10.1. The minimum absolute atomic E-state index is 0.341. The van der Waals surface area contributed by atoms with E-state index in [2.05, 4.69) is 14.1 Å². The molecule has 5 nitrogen and oxygen atoms in total. The second-order valence-electron chi connectivity index (χ2n) is 3.09. The SMILES string of the molecule is COc1ccc(Nc2nsnc2Cl)c(OC)c1. The third-order valence-electron chi connectivity index (χ3n) is 2.11. The molecule has 0 aliphatic rings. The molecule has 0 atom stereocenters. The number of nitrogens with one attached hydrogen (secondary N) is 1. The molecule has 1 aromatic heterocycles. The first-order valence-corrected chi connectivity index (χ1v) is 5.82. The highest BCUT2D eigenvalue weighted by molar-refractivity contribution is 6.99. The first-order chi connectivity index (χ1) is 8.24. The Morgan fingerprint density at radius 3 is 2.65 bits per heavy atom. The molecule has 90 valence electrons. The molecular weight excluding hydrogens is 262 g/mol. The Morgan fingerprint density at radius 1 is 1.24 bits per heavy atom. The molecule has 0 aliphatic carbocycles. The molecule has 17 heavy (non-hydrogen) atoms. The molecule has 0 saturated carbocycles. The Morgan fingerprint density at radius 2 is 2.06 bits per heavy atom. The van der Waals surface area contributed by atoms with Crippen LogP contribution in [0.25, 0.3) is 0 Å². The number of ether oxygens (including phenoxy) is 2. The van der Waals surface area contributed by atoms with E-state index in [-0.39, 0.29) is 0 Å². The monoisotopic (exact) mass is 271 g/mol. The number of rotatable bonds is 4. The second kappa shape index (κ2) is 5.20. The van der Waals surface area contributed by atoms with Crippen molar-refractivity contribution in [2.24, 2.45) is 0 Å². The van der Waals surface area contributed by atoms with Gasteiger partial charge in [-0.2, -0.15) is 8.75 Å². The number of hydrogen-bond acceptors (Lipinski definition) is 6. The minimum atomic E-state index is 0.341. The maximum atomic E-state index is 5.85. The summed E-state index contributed by atoms with van der Waals surface area (Å²) in [5.41, 5.74) is 0.753. The highest BCUT2D eigenvalue weighted by atomic mass is 35.5. The average molecular weight is 272 g/mol. The Balaban J connectivity index is 2.29. The van der Waals surface area contributed by atoms with Crippen molar-refractivity contribution < 1.29 is 9.47 Å². The molecule has 1 heterocycles. The van der Waals surface area contributed by atoms with Crippen LogP contribution in [0.3, 0.4) is 0 Å². The first kappa shape index (κ1) is 11.9. The molecule has 0 aliphatic heterocycles. The largest absolute Gasteiger partial charge is 0.497 e. The lowest BCUT2D eigenvalue weighted by molar-refractivity contribution is 0.395. The molecule has 0 fully saturated rings. The second-order valence-corrected chi connectivity index (χ2v) is 3.98. The number of nitrogens with zero attached hydrogens (tertiary/aromatic N) is 2. The van der Waals surface area contributed by atoms with Gasteiger partial charge in [-0.25, -0.2) is 0 Å². The molecule has 0 amide bonds. The highest BCUT2D eigenvalue weighted by Gasteiger charge is 2.09. The molecule has 1 aromatic carbocycles. The van der Waals surface area contributed by atoms with Gasteiger partial charge in [0.05, 0.1) is 31.6 Å². The summed E-state index contributed by atoms with van der Waals surface area (Å²) in [6.45, 7) is 0. The van der Waals surface area contributed by atoms with Crippen molar-refractivity contribution in [3.05, 3.63) is 23.4 Å². The zero-order chi connectivity index (χ0) is 12.3. The average Bonchev–Trinajstić information content (AvgIpc) is 2.75. The summed E-state index contributed by atoms with van der Waals surface area (Å²) in [5.74, 6) is 1.88. The van der Waals surface area contributed by atoms with Crippen molar-refractivity contribution in [2.45, 2.75) is 0 Å². The van der Waals surface area contributed by atoms with E-state index in [1.165, 1.54) is 0 Å². The predicted octanol–water partition coefficient (Wildman–Crippen LogP) is 2.95. The lowest BCUT2D eigenvalue weighted by Gasteiger charge is -2.10. The number of benzene rings is 1. The number of hydrogen-bond donors (Lipinski definition) is 1. The van der Waals surface area contributed by atoms with Gasteiger partial charge in [0, 0.05) is 6.07 Å². The number of anilines is 2. The van der Waals surface area contributed by atoms with E-state index >= 15 is 0 Å². The summed E-state index contributed by atoms with van der Waals surface area (Å²) >= 11 is 6.90. The molecule has 0 spiro atoms. The summed E-state index contributed by atoms with van der Waals surface area (Å²) < 4.78 is 18.3. The third-order valence-corrected chi connectivity index (χ3v) is 3.00. The van der Waals surface area contributed by atoms with E-state index in [0.717, 1.165) is 23.2 Å². The van der Waals surface area contributed by atoms with Gasteiger partial charge in [0.1, 0.15) is 11.5 Å². The van der Waals surface area contributed by atoms with Gasteiger partial charge in [0.2, 0.25) is 0 Å². The van der Waals surface area contributed by atoms with Crippen molar-refractivity contribution in [1.29, 1.82) is 0 Å². The smallest absolute Gasteiger partial charge is 0.187 e. The third kappa shape index (κ3) is 2.59. The predicted molar refractivity (Wildman–Crippen MR) is 67.7 cm³/mol. The summed E-state index contributed by atoms with van der Waals surface area (Å²) in [6, 6.07) is 5.42. The molecule has 0 bridgehead atoms. The van der Waals surface area contributed by atoms with Gasteiger partial charge in [0.15, 0.2) is 11.0 Å². The van der Waals surface area contributed by atoms with Crippen molar-refractivity contribution in [2.75, 3.05) is 19.5 Å². The fourth-order valence-corrected chi connectivity index (χ4v) is 1.93. The van der Waals surface area contributed by atoms with E-state index in [1.54, 1.807) is 20.3 Å². The van der Waals surface area contributed by atoms with Crippen LogP contribution in [0.1, 0.15) is 0 Å². The maximum absolute atomic E-state index is 5.85. The van der Waals surface area contributed by atoms with Gasteiger partial charge in [-0.15, -0.1) is 0 Å². The molecule has 2 rings (SSSR count). The summed E-state index contributed by atoms with van der Waals surface area (Å²) in [6.07, 6.45) is 0. The molecule has 0 unspecified atom stereocenters. The van der Waals surface area contributed by atoms with Crippen molar-refractivity contribution in [3.63, 3.8) is 0 Å². The Bertz CT molecular complexity index is 518. The van der Waals surface area contributed by atoms with E-state index in [4.69, 9.17) is 21.1 Å². The molecule has 1 N–H and O–H groups in total. The molecule has 2 aromatic rings. The van der Waals surface area contributed by atoms with Crippen LogP contribution in [0.5, 0.6) is 11.5 Å². The fourth-order valence-electron chi connectivity index (χ4n) is 1.28. The zero-order valence-electron chi connectivity index (χ0n) is 9.23. The minimum Gasteiger partial charge on any atom is -0.497 e. The summed E-state index contributed by atoms with van der Waals surface area (Å²) in [4.78, 5) is 0. The van der Waals surface area contributed by atoms with E-state index in [0.29, 0.717) is 16.7 Å². The van der Waals surface area contributed by atoms with E-state index in [1.807, 2.05) is 12.1 Å². The van der Waals surface area contributed by atoms with Crippen LogP contribution in [0.4, 0.5) is 11.5 Å². The van der Waals surface area contributed by atoms with Crippen molar-refractivity contribution in [1.82, 2.24) is 8.75 Å². The van der Waals surface area contributed by atoms with Crippen molar-refractivity contribution >= 4 is 34.8 Å². The molecular formula is C10H10ClN3O2S. The van der Waals surface area contributed by atoms with Crippen LogP contribution in [-0.4, -0.2) is 23.0 Å². The van der Waals surface area contributed by atoms with Crippen LogP contribution < -0.4 is 14.8 Å². The zero-order valence-corrected chi connectivity index (χ0v) is 10.8. The van der Waals surface area contributed by atoms with Crippen LogP contribution in [-0.2, 0) is 0 Å². The fraction of sp³-hybridized carbons (Fsp3) is 0.200. The van der Waals surface area contributed by atoms with Crippen LogP contribution in [0, 0.1) is 0 Å². The van der Waals surface area contributed by atoms with Gasteiger partial charge in [0.25, 0.3) is 0 Å². The Labute approximate surface area is 108 Å². The maximum Gasteiger partial charge on any atom is 0.187 e. The van der Waals surface area contributed by atoms with Crippen LogP contribution >= 0.6 is 23.3 Å². The van der Waals surface area contributed by atoms with Crippen molar-refractivity contribution in [3.8, 4) is 11.5 Å². The molecule has 7 heteroatoms. The molecule has 0 saturated heterocycles. The van der Waals surface area contributed by atoms with Gasteiger partial charge in [-0.1, -0.05) is 11.6 Å². The van der Waals surface area contributed by atoms with Gasteiger partial charge >= 0.3 is 0 Å². The number of methoxy groups -OCH3 is 2. The van der Waals surface area contributed by atoms with Gasteiger partial charge in [-0.05, 0) is 12.1 Å². The topological polar surface area (TPSA) is 56.3 Å². The lowest BCUT2D eigenvalue weighted by atomic mass is 10.2. The van der Waals surface area contributed by atoms with Crippen LogP contribution in [0.15, 0.2) is 18.2 Å². The summed E-state index contributed by atoms with van der Waals surface area (Å²) in [7, 11) is 3.18. The van der Waals surface area contributed by atoms with E-state index < -0.39 is 0 Å². The highest BCUT2D eigenvalue weighted by Crippen LogP contribution is 2.32. The Kier molecular flexibility index (Phi) is 3.65. The standard InChI is InChI=1S/C10H10ClN3O2S/c1-15-6-3-4-7(8(5-6)16-2)12-10-9(11)13-17-14-10/h3-5H,1-2H3,(H,12,14). The quantitative estimate of drug-likeness (QED) is 0.926. The number of halogens is 1. The van der Waals surface area contributed by atoms with Gasteiger partial charge < -0.3 is 14.8 Å². The molecule has 0 radical (unpaired) electrons. The van der Waals surface area contributed by atoms with Crippen LogP contribution in [0.2, 0.25) is 5.15 Å². The lowest BCUT2D eigenvalue weighted by Crippen LogP contribution is -1.96. The Hall–Kier alpha value is -1.53. The first-order valence-electron chi connectivity index (χ1n) is 4.71. The summed E-state index contributed by atoms with van der Waals surface area (Å²) in [5, 5.41) is 3.39. The number of aromatic nitrogens is 2.